The molecule has 0 bridgehead atoms. The summed E-state index contributed by atoms with van der Waals surface area (Å²) in [7, 11) is 1.70. The molecule has 1 aliphatic carbocycles. The molecule has 0 heterocycles. The maximum absolute atomic E-state index is 9.72. The van der Waals surface area contributed by atoms with Crippen LogP contribution in [0.4, 0.5) is 0 Å². The van der Waals surface area contributed by atoms with Gasteiger partial charge in [-0.3, -0.25) is 0 Å². The van der Waals surface area contributed by atoms with Gasteiger partial charge in [0.25, 0.3) is 0 Å². The lowest BCUT2D eigenvalue weighted by atomic mass is 10.0. The monoisotopic (exact) mass is 192 g/mol. The van der Waals surface area contributed by atoms with E-state index in [4.69, 9.17) is 4.74 Å². The summed E-state index contributed by atoms with van der Waals surface area (Å²) >= 11 is 0. The molecule has 0 amide bonds. The van der Waals surface area contributed by atoms with Gasteiger partial charge in [0.05, 0.1) is 13.2 Å². The fraction of sp³-hybridized carbons (Fsp3) is 0.500. The first-order chi connectivity index (χ1) is 6.76. The van der Waals surface area contributed by atoms with E-state index in [0.29, 0.717) is 0 Å². The second kappa shape index (κ2) is 3.62. The number of ether oxygens (including phenoxy) is 1. The number of hydrogen-bond acceptors (Lipinski definition) is 2. The third-order valence-corrected chi connectivity index (χ3v) is 2.97. The van der Waals surface area contributed by atoms with E-state index in [1.54, 1.807) is 7.11 Å². The number of aryl methyl sites for hydroxylation is 2. The van der Waals surface area contributed by atoms with Crippen LogP contribution in [0.5, 0.6) is 5.75 Å². The first kappa shape index (κ1) is 9.53. The Kier molecular flexibility index (Phi) is 2.46. The zero-order chi connectivity index (χ0) is 10.1. The molecule has 1 unspecified atom stereocenters. The first-order valence-corrected chi connectivity index (χ1v) is 5.14. The van der Waals surface area contributed by atoms with Gasteiger partial charge in [-0.25, -0.2) is 0 Å². The maximum Gasteiger partial charge on any atom is 0.122 e. The molecule has 0 radical (unpaired) electrons. The number of aliphatic hydroxyl groups excluding tert-OH is 1. The number of methoxy groups -OCH3 is 1. The largest absolute Gasteiger partial charge is 0.496 e. The Morgan fingerprint density at radius 1 is 1.50 bits per heavy atom. The molecule has 1 aromatic carbocycles. The number of aliphatic hydroxyl groups is 1. The van der Waals surface area contributed by atoms with Crippen molar-refractivity contribution in [3.05, 3.63) is 28.8 Å². The molecule has 76 valence electrons. The van der Waals surface area contributed by atoms with E-state index < -0.39 is 0 Å². The Balaban J connectivity index is 2.49. The van der Waals surface area contributed by atoms with Crippen LogP contribution >= 0.6 is 0 Å². The molecular formula is C12H16O2. The van der Waals surface area contributed by atoms with Crippen LogP contribution < -0.4 is 4.74 Å². The smallest absolute Gasteiger partial charge is 0.122 e. The maximum atomic E-state index is 9.72. The lowest BCUT2D eigenvalue weighted by Gasteiger charge is -2.11. The molecule has 1 aliphatic rings. The van der Waals surface area contributed by atoms with Crippen molar-refractivity contribution in [1.29, 1.82) is 0 Å². The van der Waals surface area contributed by atoms with Crippen molar-refractivity contribution in [2.45, 2.75) is 32.3 Å². The van der Waals surface area contributed by atoms with Gasteiger partial charge in [-0.1, -0.05) is 6.92 Å². The summed E-state index contributed by atoms with van der Waals surface area (Å²) in [6.07, 6.45) is 2.51. The zero-order valence-corrected chi connectivity index (χ0v) is 8.71. The summed E-state index contributed by atoms with van der Waals surface area (Å²) in [6, 6.07) is 4.16. The number of hydrogen-bond donors (Lipinski definition) is 1. The molecule has 0 aromatic heterocycles. The van der Waals surface area contributed by atoms with Gasteiger partial charge in [0.15, 0.2) is 0 Å². The Morgan fingerprint density at radius 2 is 2.29 bits per heavy atom. The molecule has 0 saturated carbocycles. The molecule has 0 aliphatic heterocycles. The molecule has 2 nitrogen and oxygen atoms in total. The van der Waals surface area contributed by atoms with E-state index in [9.17, 15) is 5.11 Å². The van der Waals surface area contributed by atoms with Crippen molar-refractivity contribution in [3.8, 4) is 5.75 Å². The Hall–Kier alpha value is -1.02. The quantitative estimate of drug-likeness (QED) is 0.778. The van der Waals surface area contributed by atoms with Crippen molar-refractivity contribution in [3.63, 3.8) is 0 Å². The van der Waals surface area contributed by atoms with Crippen LogP contribution in [0.25, 0.3) is 0 Å². The molecule has 0 spiro atoms. The highest BCUT2D eigenvalue weighted by Gasteiger charge is 2.21. The Morgan fingerprint density at radius 3 is 2.93 bits per heavy atom. The summed E-state index contributed by atoms with van der Waals surface area (Å²) in [6.45, 7) is 2.10. The molecule has 0 saturated heterocycles. The highest BCUT2D eigenvalue weighted by molar-refractivity contribution is 5.45. The predicted octanol–water partition coefficient (Wildman–Crippen LogP) is 2.24. The van der Waals surface area contributed by atoms with E-state index >= 15 is 0 Å². The van der Waals surface area contributed by atoms with Crippen molar-refractivity contribution < 1.29 is 9.84 Å². The predicted molar refractivity (Wildman–Crippen MR) is 55.7 cm³/mol. The number of rotatable bonds is 2. The minimum absolute atomic E-state index is 0.263. The third kappa shape index (κ3) is 1.40. The van der Waals surface area contributed by atoms with Gasteiger partial charge in [-0.2, -0.15) is 0 Å². The molecule has 1 aromatic rings. The van der Waals surface area contributed by atoms with Crippen molar-refractivity contribution in [2.75, 3.05) is 7.11 Å². The standard InChI is InChI=1S/C12H16O2/c1-3-8-6-10-9(4-5-11(10)13)7-12(8)14-2/h6-7,11,13H,3-5H2,1-2H3. The van der Waals surface area contributed by atoms with Gasteiger partial charge in [0.2, 0.25) is 0 Å². The zero-order valence-electron chi connectivity index (χ0n) is 8.71. The van der Waals surface area contributed by atoms with Crippen LogP contribution in [0, 0.1) is 0 Å². The van der Waals surface area contributed by atoms with Gasteiger partial charge in [0, 0.05) is 0 Å². The van der Waals surface area contributed by atoms with Gasteiger partial charge >= 0.3 is 0 Å². The van der Waals surface area contributed by atoms with Crippen LogP contribution in [0.2, 0.25) is 0 Å². The fourth-order valence-corrected chi connectivity index (χ4v) is 2.13. The lowest BCUT2D eigenvalue weighted by Crippen LogP contribution is -1.96. The van der Waals surface area contributed by atoms with E-state index in [0.717, 1.165) is 30.6 Å². The van der Waals surface area contributed by atoms with E-state index in [1.807, 2.05) is 0 Å². The second-order valence-corrected chi connectivity index (χ2v) is 3.77. The molecule has 1 atom stereocenters. The van der Waals surface area contributed by atoms with E-state index in [1.165, 1.54) is 11.1 Å². The summed E-state index contributed by atoms with van der Waals surface area (Å²) in [4.78, 5) is 0. The van der Waals surface area contributed by atoms with Gasteiger partial charge in [-0.05, 0) is 48.1 Å². The third-order valence-electron chi connectivity index (χ3n) is 2.97. The highest BCUT2D eigenvalue weighted by Crippen LogP contribution is 2.35. The SMILES string of the molecule is CCc1cc2c(cc1OC)CCC2O. The molecule has 2 rings (SSSR count). The van der Waals surface area contributed by atoms with Crippen molar-refractivity contribution >= 4 is 0 Å². The number of benzene rings is 1. The van der Waals surface area contributed by atoms with Crippen molar-refractivity contribution in [1.82, 2.24) is 0 Å². The fourth-order valence-electron chi connectivity index (χ4n) is 2.13. The lowest BCUT2D eigenvalue weighted by molar-refractivity contribution is 0.180. The average Bonchev–Trinajstić information content (AvgIpc) is 2.58. The molecule has 0 fully saturated rings. The molecular weight excluding hydrogens is 176 g/mol. The van der Waals surface area contributed by atoms with Crippen LogP contribution in [0.3, 0.4) is 0 Å². The number of fused-ring (bicyclic) bond motifs is 1. The Labute approximate surface area is 84.5 Å². The summed E-state index contributed by atoms with van der Waals surface area (Å²) in [5.41, 5.74) is 3.53. The molecule has 1 N–H and O–H groups in total. The summed E-state index contributed by atoms with van der Waals surface area (Å²) < 4.78 is 5.32. The van der Waals surface area contributed by atoms with Crippen LogP contribution in [0.15, 0.2) is 12.1 Å². The van der Waals surface area contributed by atoms with E-state index in [2.05, 4.69) is 19.1 Å². The highest BCUT2D eigenvalue weighted by atomic mass is 16.5. The van der Waals surface area contributed by atoms with Crippen molar-refractivity contribution in [2.24, 2.45) is 0 Å². The van der Waals surface area contributed by atoms with Crippen LogP contribution in [-0.4, -0.2) is 12.2 Å². The summed E-state index contributed by atoms with van der Waals surface area (Å²) in [5.74, 6) is 0.959. The second-order valence-electron chi connectivity index (χ2n) is 3.77. The topological polar surface area (TPSA) is 29.5 Å². The summed E-state index contributed by atoms with van der Waals surface area (Å²) in [5, 5.41) is 9.72. The minimum Gasteiger partial charge on any atom is -0.496 e. The van der Waals surface area contributed by atoms with Gasteiger partial charge in [0.1, 0.15) is 5.75 Å². The van der Waals surface area contributed by atoms with Gasteiger partial charge < -0.3 is 9.84 Å². The van der Waals surface area contributed by atoms with E-state index in [-0.39, 0.29) is 6.10 Å². The average molecular weight is 192 g/mol. The normalized spacial score (nSPS) is 19.5. The Bertz CT molecular complexity index is 344. The van der Waals surface area contributed by atoms with Crippen LogP contribution in [0.1, 0.15) is 36.1 Å². The first-order valence-electron chi connectivity index (χ1n) is 5.14. The van der Waals surface area contributed by atoms with Crippen LogP contribution in [-0.2, 0) is 12.8 Å². The molecule has 2 heteroatoms. The van der Waals surface area contributed by atoms with Gasteiger partial charge in [-0.15, -0.1) is 0 Å². The minimum atomic E-state index is -0.263. The molecule has 14 heavy (non-hydrogen) atoms.